The molecule has 0 bridgehead atoms. The summed E-state index contributed by atoms with van der Waals surface area (Å²) >= 11 is 0. The Balaban J connectivity index is 2.31. The summed E-state index contributed by atoms with van der Waals surface area (Å²) in [5, 5.41) is 25.9. The molecule has 3 aromatic rings. The average molecular weight is 325 g/mol. The number of nitrogens with one attached hydrogen (secondary N) is 1. The molecule has 0 saturated heterocycles. The largest absolute Gasteiger partial charge is 0.504 e. The van der Waals surface area contributed by atoms with Gasteiger partial charge in [0.25, 0.3) is 5.91 Å². The first-order chi connectivity index (χ1) is 11.6. The number of carbonyl (C=O) groups is 1. The number of anilines is 1. The van der Waals surface area contributed by atoms with E-state index in [1.807, 2.05) is 24.3 Å². The fourth-order valence-corrected chi connectivity index (χ4v) is 3.41. The monoisotopic (exact) mass is 325 g/mol. The third-order valence-corrected chi connectivity index (χ3v) is 4.47. The van der Waals surface area contributed by atoms with Gasteiger partial charge in [-0.2, -0.15) is 0 Å². The third-order valence-electron chi connectivity index (χ3n) is 4.47. The molecule has 3 aromatic carbocycles. The van der Waals surface area contributed by atoms with E-state index < -0.39 is 6.61 Å². The molecule has 0 aromatic heterocycles. The van der Waals surface area contributed by atoms with E-state index in [0.717, 1.165) is 10.8 Å². The molecular weight excluding hydrogens is 310 g/mol. The first-order valence-corrected chi connectivity index (χ1v) is 7.39. The fraction of sp³-hybridized carbons (Fsp3) is 0.167. The van der Waals surface area contributed by atoms with E-state index in [2.05, 4.69) is 5.32 Å². The van der Waals surface area contributed by atoms with Crippen LogP contribution in [-0.2, 0) is 6.61 Å². The SMILES string of the molecule is COc1ccc2cc3c4c(c(CO)c(O)c(OC)c4c2c1)C(=O)N3. The molecule has 0 unspecified atom stereocenters. The highest BCUT2D eigenvalue weighted by Crippen LogP contribution is 2.49. The van der Waals surface area contributed by atoms with E-state index >= 15 is 0 Å². The number of phenols is 1. The molecule has 6 heteroatoms. The number of hydrogen-bond donors (Lipinski definition) is 3. The van der Waals surface area contributed by atoms with Crippen LogP contribution >= 0.6 is 0 Å². The van der Waals surface area contributed by atoms with Crippen LogP contribution in [0.3, 0.4) is 0 Å². The number of methoxy groups -OCH3 is 2. The summed E-state index contributed by atoms with van der Waals surface area (Å²) in [7, 11) is 3.02. The lowest BCUT2D eigenvalue weighted by molar-refractivity contribution is 0.102. The van der Waals surface area contributed by atoms with Crippen LogP contribution in [0, 0.1) is 0 Å². The molecule has 1 heterocycles. The molecule has 4 rings (SSSR count). The van der Waals surface area contributed by atoms with Gasteiger partial charge in [0.1, 0.15) is 5.75 Å². The molecule has 122 valence electrons. The van der Waals surface area contributed by atoms with Gasteiger partial charge in [-0.3, -0.25) is 4.79 Å². The number of carbonyl (C=O) groups excluding carboxylic acids is 1. The Hall–Kier alpha value is -2.99. The van der Waals surface area contributed by atoms with Gasteiger partial charge in [-0.1, -0.05) is 6.07 Å². The van der Waals surface area contributed by atoms with E-state index in [-0.39, 0.29) is 28.5 Å². The maximum absolute atomic E-state index is 12.4. The summed E-state index contributed by atoms with van der Waals surface area (Å²) < 4.78 is 10.7. The van der Waals surface area contributed by atoms with E-state index in [1.165, 1.54) is 7.11 Å². The van der Waals surface area contributed by atoms with Gasteiger partial charge in [-0.25, -0.2) is 0 Å². The molecule has 24 heavy (non-hydrogen) atoms. The lowest BCUT2D eigenvalue weighted by atomic mass is 9.93. The highest BCUT2D eigenvalue weighted by molar-refractivity contribution is 6.31. The summed E-state index contributed by atoms with van der Waals surface area (Å²) in [5.41, 5.74) is 1.08. The zero-order valence-electron chi connectivity index (χ0n) is 13.1. The maximum Gasteiger partial charge on any atom is 0.256 e. The van der Waals surface area contributed by atoms with Crippen LogP contribution in [0.25, 0.3) is 21.5 Å². The van der Waals surface area contributed by atoms with Crippen molar-refractivity contribution in [3.8, 4) is 17.2 Å². The Morgan fingerprint density at radius 1 is 1.12 bits per heavy atom. The molecule has 1 aliphatic rings. The topological polar surface area (TPSA) is 88.0 Å². The normalized spacial score (nSPS) is 12.7. The predicted octanol–water partition coefficient (Wildman–Crippen LogP) is 2.77. The van der Waals surface area contributed by atoms with Gasteiger partial charge in [-0.05, 0) is 29.0 Å². The highest BCUT2D eigenvalue weighted by atomic mass is 16.5. The molecule has 0 fully saturated rings. The molecule has 0 atom stereocenters. The number of aliphatic hydroxyl groups excluding tert-OH is 1. The zero-order chi connectivity index (χ0) is 17.0. The second-order valence-corrected chi connectivity index (χ2v) is 5.61. The molecule has 0 aliphatic carbocycles. The number of hydrogen-bond acceptors (Lipinski definition) is 5. The van der Waals surface area contributed by atoms with Crippen LogP contribution < -0.4 is 14.8 Å². The molecule has 0 radical (unpaired) electrons. The number of aromatic hydroxyl groups is 1. The molecule has 0 spiro atoms. The minimum atomic E-state index is -0.462. The standard InChI is InChI=1S/C18H15NO5/c1-23-9-4-3-8-5-12-15-13(10(8)6-9)17(24-2)16(21)11(7-20)14(15)18(22)19-12/h3-6,20-21H,7H2,1-2H3,(H,19,22). The predicted molar refractivity (Wildman–Crippen MR) is 90.1 cm³/mol. The van der Waals surface area contributed by atoms with Gasteiger partial charge >= 0.3 is 0 Å². The number of aliphatic hydroxyl groups is 1. The first kappa shape index (κ1) is 14.6. The lowest BCUT2D eigenvalue weighted by Gasteiger charge is -2.15. The van der Waals surface area contributed by atoms with Crippen molar-refractivity contribution >= 4 is 33.1 Å². The third kappa shape index (κ3) is 1.71. The van der Waals surface area contributed by atoms with E-state index in [9.17, 15) is 15.0 Å². The van der Waals surface area contributed by atoms with Crippen molar-refractivity contribution in [1.82, 2.24) is 0 Å². The second kappa shape index (κ2) is 5.01. The smallest absolute Gasteiger partial charge is 0.256 e. The Bertz CT molecular complexity index is 1030. The van der Waals surface area contributed by atoms with Crippen molar-refractivity contribution < 1.29 is 24.5 Å². The molecule has 3 N–H and O–H groups in total. The summed E-state index contributed by atoms with van der Waals surface area (Å²) in [4.78, 5) is 12.4. The summed E-state index contributed by atoms with van der Waals surface area (Å²) in [5.74, 6) is 0.318. The van der Waals surface area contributed by atoms with Crippen LogP contribution in [-0.4, -0.2) is 30.3 Å². The van der Waals surface area contributed by atoms with Gasteiger partial charge in [0.2, 0.25) is 0 Å². The maximum atomic E-state index is 12.4. The molecule has 6 nitrogen and oxygen atoms in total. The quantitative estimate of drug-likeness (QED) is 0.645. The average Bonchev–Trinajstić information content (AvgIpc) is 2.91. The lowest BCUT2D eigenvalue weighted by Crippen LogP contribution is -2.08. The second-order valence-electron chi connectivity index (χ2n) is 5.61. The molecule has 1 amide bonds. The Kier molecular flexibility index (Phi) is 3.04. The van der Waals surface area contributed by atoms with Crippen molar-refractivity contribution in [3.63, 3.8) is 0 Å². The van der Waals surface area contributed by atoms with Crippen molar-refractivity contribution in [2.75, 3.05) is 19.5 Å². The van der Waals surface area contributed by atoms with Crippen LogP contribution in [0.15, 0.2) is 24.3 Å². The van der Waals surface area contributed by atoms with Gasteiger partial charge in [0.05, 0.1) is 32.1 Å². The van der Waals surface area contributed by atoms with Crippen molar-refractivity contribution in [3.05, 3.63) is 35.4 Å². The van der Waals surface area contributed by atoms with Crippen LogP contribution in [0.1, 0.15) is 15.9 Å². The van der Waals surface area contributed by atoms with Crippen LogP contribution in [0.2, 0.25) is 0 Å². The highest BCUT2D eigenvalue weighted by Gasteiger charge is 2.31. The minimum Gasteiger partial charge on any atom is -0.504 e. The van der Waals surface area contributed by atoms with Crippen molar-refractivity contribution in [1.29, 1.82) is 0 Å². The summed E-state index contributed by atoms with van der Waals surface area (Å²) in [6, 6.07) is 7.41. The van der Waals surface area contributed by atoms with Crippen molar-refractivity contribution in [2.45, 2.75) is 6.61 Å². The van der Waals surface area contributed by atoms with Gasteiger partial charge in [0, 0.05) is 16.3 Å². The van der Waals surface area contributed by atoms with E-state index in [4.69, 9.17) is 9.47 Å². The first-order valence-electron chi connectivity index (χ1n) is 7.39. The number of ether oxygens (including phenoxy) is 2. The number of amides is 1. The van der Waals surface area contributed by atoms with Crippen LogP contribution in [0.4, 0.5) is 5.69 Å². The molecule has 0 saturated carbocycles. The van der Waals surface area contributed by atoms with Gasteiger partial charge in [-0.15, -0.1) is 0 Å². The Morgan fingerprint density at radius 3 is 2.58 bits per heavy atom. The van der Waals surface area contributed by atoms with E-state index in [0.29, 0.717) is 22.2 Å². The summed E-state index contributed by atoms with van der Waals surface area (Å²) in [6.45, 7) is -0.462. The number of fused-ring (bicyclic) bond motifs is 2. The minimum absolute atomic E-state index is 0.165. The Labute approximate surface area is 137 Å². The molecule has 1 aliphatic heterocycles. The number of benzene rings is 3. The van der Waals surface area contributed by atoms with E-state index in [1.54, 1.807) is 7.11 Å². The zero-order valence-corrected chi connectivity index (χ0v) is 13.1. The number of rotatable bonds is 3. The molecular formula is C18H15NO5. The fourth-order valence-electron chi connectivity index (χ4n) is 3.41. The van der Waals surface area contributed by atoms with Gasteiger partial charge in [0.15, 0.2) is 11.5 Å². The summed E-state index contributed by atoms with van der Waals surface area (Å²) in [6.07, 6.45) is 0. The van der Waals surface area contributed by atoms with Crippen molar-refractivity contribution in [2.24, 2.45) is 0 Å². The van der Waals surface area contributed by atoms with Gasteiger partial charge < -0.3 is 25.0 Å². The Morgan fingerprint density at radius 2 is 1.92 bits per heavy atom. The van der Waals surface area contributed by atoms with Crippen LogP contribution in [0.5, 0.6) is 17.2 Å².